The molecule has 0 bridgehead atoms. The lowest BCUT2D eigenvalue weighted by Crippen LogP contribution is -2.51. The lowest BCUT2D eigenvalue weighted by atomic mass is 9.47. The number of fused-ring (bicyclic) bond motifs is 5. The Labute approximate surface area is 323 Å². The van der Waals surface area contributed by atoms with Crippen LogP contribution in [0.3, 0.4) is 0 Å². The first-order valence-electron chi connectivity index (χ1n) is 23.3. The summed E-state index contributed by atoms with van der Waals surface area (Å²) >= 11 is 0. The van der Waals surface area contributed by atoms with Crippen molar-refractivity contribution in [1.29, 1.82) is 0 Å². The average molecular weight is 726 g/mol. The Kier molecular flexibility index (Phi) is 19.1. The number of carbonyl (C=O) groups is 1. The maximum Gasteiger partial charge on any atom is 0.306 e. The first kappa shape index (κ1) is 43.9. The molecule has 52 heavy (non-hydrogen) atoms. The number of hydrogen-bond acceptors (Lipinski definition) is 4. The van der Waals surface area contributed by atoms with Crippen LogP contribution < -0.4 is 5.73 Å². The first-order chi connectivity index (χ1) is 25.1. The monoisotopic (exact) mass is 726 g/mol. The van der Waals surface area contributed by atoms with Gasteiger partial charge in [-0.2, -0.15) is 0 Å². The minimum absolute atomic E-state index is 0.102. The van der Waals surface area contributed by atoms with Crippen molar-refractivity contribution in [1.82, 2.24) is 0 Å². The maximum absolute atomic E-state index is 12.6. The molecule has 2 N–H and O–H groups in total. The summed E-state index contributed by atoms with van der Waals surface area (Å²) in [4.78, 5) is 12.6. The highest BCUT2D eigenvalue weighted by Crippen LogP contribution is 2.67. The number of ether oxygens (including phenoxy) is 2. The van der Waals surface area contributed by atoms with Crippen LogP contribution in [0, 0.1) is 46.3 Å². The third kappa shape index (κ3) is 12.6. The SMILES string of the molecule is CCCCCCCCCCCCCCCCCC(=O)OC(CN)COC1CC[C@@]2(C)C(=CCC3C2CC[C@@]2(C)C3CC[C@@H]2[C@H](C)CCCC(C)C)C1. The second kappa shape index (κ2) is 22.6. The van der Waals surface area contributed by atoms with Gasteiger partial charge in [0.2, 0.25) is 0 Å². The molecule has 0 saturated heterocycles. The summed E-state index contributed by atoms with van der Waals surface area (Å²) in [6.45, 7) is 15.7. The van der Waals surface area contributed by atoms with E-state index in [1.165, 1.54) is 141 Å². The molecule has 4 aliphatic carbocycles. The fourth-order valence-corrected chi connectivity index (χ4v) is 12.1. The van der Waals surface area contributed by atoms with Gasteiger partial charge in [0.1, 0.15) is 6.10 Å². The zero-order valence-corrected chi connectivity index (χ0v) is 35.5. The number of nitrogens with two attached hydrogens (primary N) is 1. The number of unbranched alkanes of at least 4 members (excludes halogenated alkanes) is 14. The quantitative estimate of drug-likeness (QED) is 0.0548. The van der Waals surface area contributed by atoms with Crippen molar-refractivity contribution in [3.63, 3.8) is 0 Å². The Hall–Kier alpha value is -0.870. The van der Waals surface area contributed by atoms with Crippen LogP contribution in [0.1, 0.15) is 215 Å². The zero-order valence-electron chi connectivity index (χ0n) is 35.5. The molecule has 5 unspecified atom stereocenters. The van der Waals surface area contributed by atoms with Crippen molar-refractivity contribution in [3.8, 4) is 0 Å². The van der Waals surface area contributed by atoms with Crippen molar-refractivity contribution >= 4 is 5.97 Å². The molecule has 0 aromatic rings. The molecule has 0 aliphatic heterocycles. The maximum atomic E-state index is 12.6. The second-order valence-electron chi connectivity index (χ2n) is 19.5. The largest absolute Gasteiger partial charge is 0.459 e. The summed E-state index contributed by atoms with van der Waals surface area (Å²) < 4.78 is 12.3. The predicted molar refractivity (Wildman–Crippen MR) is 221 cm³/mol. The average Bonchev–Trinajstić information content (AvgIpc) is 3.48. The Morgan fingerprint density at radius 2 is 1.42 bits per heavy atom. The van der Waals surface area contributed by atoms with E-state index in [2.05, 4.69) is 47.6 Å². The van der Waals surface area contributed by atoms with Gasteiger partial charge in [-0.05, 0) is 104 Å². The molecule has 4 aliphatic rings. The van der Waals surface area contributed by atoms with E-state index >= 15 is 0 Å². The third-order valence-corrected chi connectivity index (χ3v) is 15.3. The normalized spacial score (nSPS) is 31.1. The van der Waals surface area contributed by atoms with Gasteiger partial charge in [0.05, 0.1) is 12.7 Å². The van der Waals surface area contributed by atoms with E-state index in [1.807, 2.05) is 0 Å². The minimum Gasteiger partial charge on any atom is -0.459 e. The van der Waals surface area contributed by atoms with Crippen LogP contribution in [0.4, 0.5) is 0 Å². The number of esters is 1. The van der Waals surface area contributed by atoms with E-state index in [0.717, 1.165) is 61.2 Å². The van der Waals surface area contributed by atoms with Gasteiger partial charge in [-0.1, -0.05) is 162 Å². The van der Waals surface area contributed by atoms with Gasteiger partial charge in [-0.25, -0.2) is 0 Å². The molecule has 0 spiro atoms. The highest BCUT2D eigenvalue weighted by atomic mass is 16.6. The molecule has 4 nitrogen and oxygen atoms in total. The van der Waals surface area contributed by atoms with Crippen molar-refractivity contribution in [2.75, 3.05) is 13.2 Å². The van der Waals surface area contributed by atoms with Gasteiger partial charge in [0, 0.05) is 13.0 Å². The van der Waals surface area contributed by atoms with Crippen LogP contribution in [0.15, 0.2) is 11.6 Å². The Morgan fingerprint density at radius 3 is 2.04 bits per heavy atom. The van der Waals surface area contributed by atoms with Gasteiger partial charge in [0.15, 0.2) is 0 Å². The highest BCUT2D eigenvalue weighted by Gasteiger charge is 2.59. The van der Waals surface area contributed by atoms with Crippen LogP contribution >= 0.6 is 0 Å². The van der Waals surface area contributed by atoms with Crippen molar-refractivity contribution in [3.05, 3.63) is 11.6 Å². The molecule has 0 aromatic heterocycles. The van der Waals surface area contributed by atoms with Gasteiger partial charge < -0.3 is 15.2 Å². The summed E-state index contributed by atoms with van der Waals surface area (Å²) in [5.41, 5.74) is 8.61. The molecule has 0 heterocycles. The van der Waals surface area contributed by atoms with Crippen molar-refractivity contribution in [2.45, 2.75) is 227 Å². The molecular weight excluding hydrogens is 639 g/mol. The van der Waals surface area contributed by atoms with Crippen molar-refractivity contribution in [2.24, 2.45) is 52.1 Å². The van der Waals surface area contributed by atoms with Crippen LogP contribution in [0.5, 0.6) is 0 Å². The standard InChI is InChI=1S/C48H87NO3/c1-7-8-9-10-11-12-13-14-15-16-17-18-19-20-21-25-46(50)52-41(35-49)36-51-40-30-32-47(5)39(34-40)26-27-42-44-29-28-43(38(4)24-22-23-37(2)3)48(44,6)33-31-45(42)47/h26,37-38,40-45H,7-25,27-36,49H2,1-6H3/t38-,40?,41?,42?,43-,44?,45?,47+,48-/m1/s1. The third-order valence-electron chi connectivity index (χ3n) is 15.3. The van der Waals surface area contributed by atoms with Crippen LogP contribution in [-0.4, -0.2) is 31.3 Å². The molecule has 0 radical (unpaired) electrons. The fraction of sp³-hybridized carbons (Fsp3) is 0.938. The number of carbonyl (C=O) groups excluding carboxylic acids is 1. The summed E-state index contributed by atoms with van der Waals surface area (Å²) in [5.74, 6) is 5.12. The number of rotatable bonds is 26. The number of hydrogen-bond donors (Lipinski definition) is 1. The minimum atomic E-state index is -0.332. The summed E-state index contributed by atoms with van der Waals surface area (Å²) in [6.07, 6.45) is 37.6. The van der Waals surface area contributed by atoms with Crippen LogP contribution in [-0.2, 0) is 14.3 Å². The fourth-order valence-electron chi connectivity index (χ4n) is 12.1. The molecule has 0 aromatic carbocycles. The zero-order chi connectivity index (χ0) is 37.4. The van der Waals surface area contributed by atoms with E-state index in [1.54, 1.807) is 5.57 Å². The van der Waals surface area contributed by atoms with Gasteiger partial charge in [-0.3, -0.25) is 4.79 Å². The van der Waals surface area contributed by atoms with Crippen LogP contribution in [0.2, 0.25) is 0 Å². The smallest absolute Gasteiger partial charge is 0.306 e. The Morgan fingerprint density at radius 1 is 0.788 bits per heavy atom. The molecule has 9 atom stereocenters. The lowest BCUT2D eigenvalue weighted by Gasteiger charge is -2.58. The van der Waals surface area contributed by atoms with E-state index in [9.17, 15) is 4.79 Å². The van der Waals surface area contributed by atoms with Gasteiger partial charge in [-0.15, -0.1) is 0 Å². The molecule has 0 amide bonds. The molecular formula is C48H87NO3. The van der Waals surface area contributed by atoms with Gasteiger partial charge in [0.25, 0.3) is 0 Å². The summed E-state index contributed by atoms with van der Waals surface area (Å²) in [5, 5.41) is 0. The van der Waals surface area contributed by atoms with E-state index in [0.29, 0.717) is 30.4 Å². The van der Waals surface area contributed by atoms with Crippen LogP contribution in [0.25, 0.3) is 0 Å². The molecule has 3 saturated carbocycles. The Bertz CT molecular complexity index is 1040. The van der Waals surface area contributed by atoms with Crippen molar-refractivity contribution < 1.29 is 14.3 Å². The summed E-state index contributed by atoms with van der Waals surface area (Å²) in [7, 11) is 0. The van der Waals surface area contributed by atoms with E-state index < -0.39 is 0 Å². The highest BCUT2D eigenvalue weighted by molar-refractivity contribution is 5.69. The molecule has 302 valence electrons. The molecule has 3 fully saturated rings. The Balaban J connectivity index is 1.09. The first-order valence-corrected chi connectivity index (χ1v) is 23.3. The summed E-state index contributed by atoms with van der Waals surface area (Å²) in [6, 6.07) is 0. The lowest BCUT2D eigenvalue weighted by molar-refractivity contribution is -0.153. The molecule has 4 heteroatoms. The number of allylic oxidation sites excluding steroid dienone is 1. The topological polar surface area (TPSA) is 61.5 Å². The molecule has 4 rings (SSSR count). The second-order valence-corrected chi connectivity index (χ2v) is 19.5. The van der Waals surface area contributed by atoms with E-state index in [4.69, 9.17) is 15.2 Å². The van der Waals surface area contributed by atoms with Gasteiger partial charge >= 0.3 is 5.97 Å². The predicted octanol–water partition coefficient (Wildman–Crippen LogP) is 13.5. The van der Waals surface area contributed by atoms with E-state index in [-0.39, 0.29) is 18.2 Å².